The lowest BCUT2D eigenvalue weighted by Gasteiger charge is -2.17. The van der Waals surface area contributed by atoms with Gasteiger partial charge in [0, 0.05) is 12.1 Å². The third kappa shape index (κ3) is 3.53. The van der Waals surface area contributed by atoms with Crippen molar-refractivity contribution in [1.29, 1.82) is 0 Å². The largest absolute Gasteiger partial charge is 0.468 e. The number of carbonyl (C=O) groups is 2. The van der Waals surface area contributed by atoms with Crippen LogP contribution in [0.4, 0.5) is 11.4 Å². The van der Waals surface area contributed by atoms with Crippen molar-refractivity contribution in [1.82, 2.24) is 0 Å². The van der Waals surface area contributed by atoms with Crippen LogP contribution in [-0.2, 0) is 15.3 Å². The van der Waals surface area contributed by atoms with Gasteiger partial charge in [0.15, 0.2) is 0 Å². The van der Waals surface area contributed by atoms with E-state index in [2.05, 4.69) is 0 Å². The SMILES string of the molecule is Cc1ccccc1N1C(=O)C(SCc2ccco2)=C(c2ccc([N+](=O)[O-])cc2)C1=O. The molecule has 3 aromatic rings. The van der Waals surface area contributed by atoms with Crippen LogP contribution in [0.2, 0.25) is 0 Å². The zero-order valence-electron chi connectivity index (χ0n) is 15.9. The number of aryl methyl sites for hydroxylation is 1. The van der Waals surface area contributed by atoms with Gasteiger partial charge in [-0.3, -0.25) is 19.7 Å². The van der Waals surface area contributed by atoms with E-state index in [1.54, 1.807) is 30.5 Å². The van der Waals surface area contributed by atoms with Gasteiger partial charge in [-0.2, -0.15) is 0 Å². The second-order valence-corrected chi connectivity index (χ2v) is 7.59. The van der Waals surface area contributed by atoms with Gasteiger partial charge in [-0.15, -0.1) is 11.8 Å². The van der Waals surface area contributed by atoms with Crippen LogP contribution >= 0.6 is 11.8 Å². The van der Waals surface area contributed by atoms with Gasteiger partial charge in [0.1, 0.15) is 5.76 Å². The van der Waals surface area contributed by atoms with E-state index >= 15 is 0 Å². The molecule has 1 aliphatic heterocycles. The average Bonchev–Trinajstić information content (AvgIpc) is 3.33. The molecular weight excluding hydrogens is 404 g/mol. The Kier molecular flexibility index (Phi) is 5.24. The van der Waals surface area contributed by atoms with Gasteiger partial charge >= 0.3 is 0 Å². The summed E-state index contributed by atoms with van der Waals surface area (Å²) in [4.78, 5) is 38.5. The number of imide groups is 1. The summed E-state index contributed by atoms with van der Waals surface area (Å²) in [5, 5.41) is 11.0. The quantitative estimate of drug-likeness (QED) is 0.326. The predicted octanol–water partition coefficient (Wildman–Crippen LogP) is 4.71. The van der Waals surface area contributed by atoms with E-state index in [9.17, 15) is 19.7 Å². The van der Waals surface area contributed by atoms with Gasteiger partial charge in [0.25, 0.3) is 17.5 Å². The summed E-state index contributed by atoms with van der Waals surface area (Å²) in [7, 11) is 0. The van der Waals surface area contributed by atoms with Gasteiger partial charge in [-0.05, 0) is 48.4 Å². The standard InChI is InChI=1S/C22H16N2O5S/c1-14-5-2-3-7-18(14)23-21(25)19(15-8-10-16(11-9-15)24(27)28)20(22(23)26)30-13-17-6-4-12-29-17/h2-12H,13H2,1H3. The Balaban J connectivity index is 1.77. The van der Waals surface area contributed by atoms with Crippen LogP contribution in [0.25, 0.3) is 5.57 Å². The monoisotopic (exact) mass is 420 g/mol. The molecule has 0 N–H and O–H groups in total. The lowest BCUT2D eigenvalue weighted by molar-refractivity contribution is -0.384. The molecule has 0 aliphatic carbocycles. The maximum atomic E-state index is 13.3. The third-order valence-corrected chi connectivity index (χ3v) is 5.80. The van der Waals surface area contributed by atoms with Gasteiger partial charge in [0.2, 0.25) is 0 Å². The van der Waals surface area contributed by atoms with Gasteiger partial charge in [0.05, 0.1) is 33.1 Å². The first-order chi connectivity index (χ1) is 14.5. The van der Waals surface area contributed by atoms with Crippen molar-refractivity contribution in [2.45, 2.75) is 12.7 Å². The van der Waals surface area contributed by atoms with Crippen molar-refractivity contribution in [3.63, 3.8) is 0 Å². The lowest BCUT2D eigenvalue weighted by atomic mass is 10.1. The van der Waals surface area contributed by atoms with Crippen LogP contribution in [0.5, 0.6) is 0 Å². The smallest absolute Gasteiger partial charge is 0.272 e. The van der Waals surface area contributed by atoms with Gasteiger partial charge in [-0.25, -0.2) is 4.90 Å². The minimum Gasteiger partial charge on any atom is -0.468 e. The van der Waals surface area contributed by atoms with E-state index < -0.39 is 16.7 Å². The first kappa shape index (κ1) is 19.7. The zero-order chi connectivity index (χ0) is 21.3. The number of non-ortho nitro benzene ring substituents is 1. The fourth-order valence-electron chi connectivity index (χ4n) is 3.22. The highest BCUT2D eigenvalue weighted by atomic mass is 32.2. The van der Waals surface area contributed by atoms with Crippen LogP contribution in [0, 0.1) is 17.0 Å². The van der Waals surface area contributed by atoms with Crippen molar-refractivity contribution in [3.05, 3.63) is 98.8 Å². The number of benzene rings is 2. The second kappa shape index (κ2) is 8.00. The number of rotatable bonds is 6. The third-order valence-electron chi connectivity index (χ3n) is 4.70. The van der Waals surface area contributed by atoms with Crippen molar-refractivity contribution < 1.29 is 18.9 Å². The Morgan fingerprint density at radius 1 is 1.00 bits per heavy atom. The molecule has 150 valence electrons. The van der Waals surface area contributed by atoms with Crippen molar-refractivity contribution in [3.8, 4) is 0 Å². The molecule has 0 fully saturated rings. The summed E-state index contributed by atoms with van der Waals surface area (Å²) in [6.45, 7) is 1.83. The fraction of sp³-hybridized carbons (Fsp3) is 0.0909. The molecule has 0 spiro atoms. The number of hydrogen-bond donors (Lipinski definition) is 0. The molecule has 0 saturated heterocycles. The number of para-hydroxylation sites is 1. The van der Waals surface area contributed by atoms with Crippen molar-refractivity contribution >= 4 is 40.5 Å². The van der Waals surface area contributed by atoms with E-state index in [-0.39, 0.29) is 16.2 Å². The Morgan fingerprint density at radius 2 is 1.73 bits per heavy atom. The number of amides is 2. The van der Waals surface area contributed by atoms with E-state index in [0.717, 1.165) is 10.5 Å². The van der Waals surface area contributed by atoms with Crippen molar-refractivity contribution in [2.24, 2.45) is 0 Å². The molecule has 8 heteroatoms. The Labute approximate surface area is 176 Å². The zero-order valence-corrected chi connectivity index (χ0v) is 16.7. The maximum Gasteiger partial charge on any atom is 0.272 e. The highest BCUT2D eigenvalue weighted by Gasteiger charge is 2.40. The summed E-state index contributed by atoms with van der Waals surface area (Å²) < 4.78 is 5.34. The Hall–Kier alpha value is -3.65. The normalized spacial score (nSPS) is 14.0. The number of carbonyl (C=O) groups excluding carboxylic acids is 2. The summed E-state index contributed by atoms with van der Waals surface area (Å²) in [5.41, 5.74) is 1.91. The minimum absolute atomic E-state index is 0.0864. The molecule has 2 aromatic carbocycles. The predicted molar refractivity (Wildman–Crippen MR) is 114 cm³/mol. The molecule has 7 nitrogen and oxygen atoms in total. The molecule has 30 heavy (non-hydrogen) atoms. The van der Waals surface area contributed by atoms with E-state index in [0.29, 0.717) is 22.8 Å². The molecule has 0 saturated carbocycles. The molecular formula is C22H16N2O5S. The molecule has 1 aromatic heterocycles. The average molecular weight is 420 g/mol. The summed E-state index contributed by atoms with van der Waals surface area (Å²) in [6, 6.07) is 16.3. The van der Waals surface area contributed by atoms with Crippen LogP contribution in [-0.4, -0.2) is 16.7 Å². The number of anilines is 1. The second-order valence-electron chi connectivity index (χ2n) is 6.61. The molecule has 0 bridgehead atoms. The highest BCUT2D eigenvalue weighted by molar-refractivity contribution is 8.03. The number of thioether (sulfide) groups is 1. The molecule has 4 rings (SSSR count). The van der Waals surface area contributed by atoms with Crippen LogP contribution in [0.15, 0.2) is 76.2 Å². The number of furan rings is 1. The summed E-state index contributed by atoms with van der Waals surface area (Å²) in [5.74, 6) is 0.175. The van der Waals surface area contributed by atoms with Crippen molar-refractivity contribution in [2.75, 3.05) is 4.90 Å². The molecule has 2 heterocycles. The first-order valence-corrected chi connectivity index (χ1v) is 10.0. The van der Waals surface area contributed by atoms with Gasteiger partial charge < -0.3 is 4.42 Å². The summed E-state index contributed by atoms with van der Waals surface area (Å²) in [6.07, 6.45) is 1.54. The van der Waals surface area contributed by atoms with Crippen LogP contribution < -0.4 is 4.90 Å². The number of nitro benzene ring substituents is 1. The highest BCUT2D eigenvalue weighted by Crippen LogP contribution is 2.40. The summed E-state index contributed by atoms with van der Waals surface area (Å²) >= 11 is 1.21. The number of hydrogen-bond acceptors (Lipinski definition) is 6. The molecule has 1 aliphatic rings. The molecule has 0 radical (unpaired) electrons. The number of nitrogens with zero attached hydrogens (tertiary/aromatic N) is 2. The van der Waals surface area contributed by atoms with Crippen LogP contribution in [0.1, 0.15) is 16.9 Å². The minimum atomic E-state index is -0.508. The van der Waals surface area contributed by atoms with Gasteiger partial charge in [-0.1, -0.05) is 18.2 Å². The Bertz CT molecular complexity index is 1170. The maximum absolute atomic E-state index is 13.3. The van der Waals surface area contributed by atoms with Crippen LogP contribution in [0.3, 0.4) is 0 Å². The number of nitro groups is 1. The van der Waals surface area contributed by atoms with E-state index in [1.165, 1.54) is 36.0 Å². The molecule has 2 amide bonds. The Morgan fingerprint density at radius 3 is 2.37 bits per heavy atom. The van der Waals surface area contributed by atoms with E-state index in [4.69, 9.17) is 4.42 Å². The molecule has 0 unspecified atom stereocenters. The fourth-order valence-corrected chi connectivity index (χ4v) is 4.23. The first-order valence-electron chi connectivity index (χ1n) is 9.06. The molecule has 0 atom stereocenters. The van der Waals surface area contributed by atoms with E-state index in [1.807, 2.05) is 19.1 Å². The lowest BCUT2D eigenvalue weighted by Crippen LogP contribution is -2.31. The topological polar surface area (TPSA) is 93.7 Å².